The number of carbonyl (C=O) groups excluding carboxylic acids is 3. The van der Waals surface area contributed by atoms with E-state index < -0.39 is 11.7 Å². The number of carbonyl (C=O) groups is 3. The van der Waals surface area contributed by atoms with E-state index in [0.717, 1.165) is 25.7 Å². The van der Waals surface area contributed by atoms with Crippen LogP contribution in [0.3, 0.4) is 0 Å². The molecule has 9 nitrogen and oxygen atoms in total. The Morgan fingerprint density at radius 1 is 1.22 bits per heavy atom. The molecule has 180 valence electrons. The topological polar surface area (TPSA) is 123 Å². The Kier molecular flexibility index (Phi) is 9.09. The highest BCUT2D eigenvalue weighted by Crippen LogP contribution is 2.28. The van der Waals surface area contributed by atoms with Crippen molar-refractivity contribution < 1.29 is 23.6 Å². The Morgan fingerprint density at radius 3 is 2.53 bits per heavy atom. The third kappa shape index (κ3) is 8.16. The summed E-state index contributed by atoms with van der Waals surface area (Å²) in [6, 6.07) is 1.43. The van der Waals surface area contributed by atoms with Crippen molar-refractivity contribution in [2.45, 2.75) is 104 Å². The van der Waals surface area contributed by atoms with Crippen LogP contribution in [0, 0.1) is 5.92 Å². The number of rotatable bonds is 8. The van der Waals surface area contributed by atoms with E-state index in [1.165, 1.54) is 0 Å². The van der Waals surface area contributed by atoms with Gasteiger partial charge < -0.3 is 25.2 Å². The molecule has 0 unspecified atom stereocenters. The first-order chi connectivity index (χ1) is 15.0. The van der Waals surface area contributed by atoms with Crippen LogP contribution in [0.5, 0.6) is 0 Å². The molecular formula is C23H38N4O5. The van der Waals surface area contributed by atoms with Crippen LogP contribution < -0.4 is 16.0 Å². The van der Waals surface area contributed by atoms with Crippen molar-refractivity contribution in [2.75, 3.05) is 0 Å². The Balaban J connectivity index is 1.80. The number of hydrogen-bond donors (Lipinski definition) is 3. The molecule has 3 amide bonds. The van der Waals surface area contributed by atoms with Crippen molar-refractivity contribution in [1.82, 2.24) is 21.1 Å². The van der Waals surface area contributed by atoms with Crippen LogP contribution in [0.2, 0.25) is 0 Å². The molecule has 32 heavy (non-hydrogen) atoms. The van der Waals surface area contributed by atoms with Crippen LogP contribution in [0.15, 0.2) is 10.6 Å². The number of nitrogens with zero attached hydrogens (tertiary/aromatic N) is 1. The lowest BCUT2D eigenvalue weighted by molar-refractivity contribution is -0.122. The molecule has 0 radical (unpaired) electrons. The van der Waals surface area contributed by atoms with Gasteiger partial charge in [-0.05, 0) is 52.9 Å². The summed E-state index contributed by atoms with van der Waals surface area (Å²) in [4.78, 5) is 36.8. The maximum absolute atomic E-state index is 12.5. The third-order valence-electron chi connectivity index (χ3n) is 5.58. The second-order valence-corrected chi connectivity index (χ2v) is 9.61. The van der Waals surface area contributed by atoms with Gasteiger partial charge in [0.25, 0.3) is 5.91 Å². The lowest BCUT2D eigenvalue weighted by atomic mass is 9.80. The third-order valence-corrected chi connectivity index (χ3v) is 5.58. The molecular weight excluding hydrogens is 412 g/mol. The summed E-state index contributed by atoms with van der Waals surface area (Å²) in [5.74, 6) is 0.615. The zero-order valence-electron chi connectivity index (χ0n) is 20.1. The second kappa shape index (κ2) is 11.3. The fraction of sp³-hybridized carbons (Fsp3) is 0.739. The molecule has 0 aliphatic heterocycles. The van der Waals surface area contributed by atoms with Crippen LogP contribution in [-0.2, 0) is 16.0 Å². The first-order valence-corrected chi connectivity index (χ1v) is 11.6. The van der Waals surface area contributed by atoms with Crippen molar-refractivity contribution in [1.29, 1.82) is 0 Å². The first-order valence-electron chi connectivity index (χ1n) is 11.6. The van der Waals surface area contributed by atoms with E-state index in [4.69, 9.17) is 9.26 Å². The summed E-state index contributed by atoms with van der Waals surface area (Å²) < 4.78 is 10.3. The lowest BCUT2D eigenvalue weighted by Crippen LogP contribution is -2.49. The van der Waals surface area contributed by atoms with Gasteiger partial charge in [-0.3, -0.25) is 9.59 Å². The van der Waals surface area contributed by atoms with Crippen molar-refractivity contribution in [3.05, 3.63) is 17.5 Å². The van der Waals surface area contributed by atoms with E-state index >= 15 is 0 Å². The molecule has 4 atom stereocenters. The maximum atomic E-state index is 12.5. The Bertz CT molecular complexity index is 786. The summed E-state index contributed by atoms with van der Waals surface area (Å²) in [6.07, 6.45) is 3.58. The summed E-state index contributed by atoms with van der Waals surface area (Å²) in [5, 5.41) is 12.7. The smallest absolute Gasteiger partial charge is 0.407 e. The number of aryl methyl sites for hydroxylation is 1. The molecule has 0 spiro atoms. The zero-order chi connectivity index (χ0) is 23.9. The van der Waals surface area contributed by atoms with Gasteiger partial charge in [0.1, 0.15) is 11.4 Å². The molecule has 1 aromatic heterocycles. The molecule has 9 heteroatoms. The van der Waals surface area contributed by atoms with Gasteiger partial charge in [-0.1, -0.05) is 25.4 Å². The van der Waals surface area contributed by atoms with Crippen molar-refractivity contribution in [3.8, 4) is 0 Å². The van der Waals surface area contributed by atoms with E-state index in [1.807, 2.05) is 6.92 Å². The molecule has 0 aromatic carbocycles. The number of aromatic nitrogens is 1. The molecule has 3 N–H and O–H groups in total. The number of alkyl carbamates (subject to hydrolysis) is 1. The van der Waals surface area contributed by atoms with Gasteiger partial charge in [-0.2, -0.15) is 0 Å². The van der Waals surface area contributed by atoms with Gasteiger partial charge in [0.2, 0.25) is 5.91 Å². The zero-order valence-corrected chi connectivity index (χ0v) is 20.1. The molecule has 0 saturated heterocycles. The predicted molar refractivity (Wildman–Crippen MR) is 120 cm³/mol. The average molecular weight is 451 g/mol. The second-order valence-electron chi connectivity index (χ2n) is 9.61. The largest absolute Gasteiger partial charge is 0.444 e. The molecule has 0 bridgehead atoms. The van der Waals surface area contributed by atoms with E-state index in [-0.39, 0.29) is 42.3 Å². The molecule has 1 fully saturated rings. The number of hydrogen-bond acceptors (Lipinski definition) is 6. The van der Waals surface area contributed by atoms with Crippen LogP contribution in [0.25, 0.3) is 0 Å². The Labute approximate surface area is 190 Å². The minimum absolute atomic E-state index is 0.0372. The summed E-state index contributed by atoms with van der Waals surface area (Å²) in [5.41, 5.74) is -0.278. The summed E-state index contributed by atoms with van der Waals surface area (Å²) >= 11 is 0. The van der Waals surface area contributed by atoms with E-state index in [1.54, 1.807) is 33.8 Å². The normalized spacial score (nSPS) is 22.0. The van der Waals surface area contributed by atoms with E-state index in [0.29, 0.717) is 17.9 Å². The predicted octanol–water partition coefficient (Wildman–Crippen LogP) is 3.33. The highest BCUT2D eigenvalue weighted by molar-refractivity contribution is 5.92. The molecule has 1 aliphatic carbocycles. The van der Waals surface area contributed by atoms with Crippen LogP contribution in [-0.4, -0.2) is 46.8 Å². The van der Waals surface area contributed by atoms with Gasteiger partial charge in [0, 0.05) is 37.0 Å². The first kappa shape index (κ1) is 25.7. The minimum atomic E-state index is -0.582. The molecule has 2 rings (SSSR count). The molecule has 1 saturated carbocycles. The quantitative estimate of drug-likeness (QED) is 0.558. The van der Waals surface area contributed by atoms with Crippen LogP contribution in [0.4, 0.5) is 4.79 Å². The summed E-state index contributed by atoms with van der Waals surface area (Å²) in [6.45, 7) is 11.2. The number of ether oxygens (including phenoxy) is 1. The fourth-order valence-corrected chi connectivity index (χ4v) is 3.99. The maximum Gasteiger partial charge on any atom is 0.407 e. The van der Waals surface area contributed by atoms with E-state index in [2.05, 4.69) is 28.0 Å². The molecule has 1 aromatic rings. The van der Waals surface area contributed by atoms with Crippen LogP contribution in [0.1, 0.15) is 89.9 Å². The molecule has 1 aliphatic rings. The lowest BCUT2D eigenvalue weighted by Gasteiger charge is -2.36. The van der Waals surface area contributed by atoms with Crippen molar-refractivity contribution >= 4 is 17.9 Å². The summed E-state index contributed by atoms with van der Waals surface area (Å²) in [7, 11) is 0. The number of nitrogens with one attached hydrogen (secondary N) is 3. The van der Waals surface area contributed by atoms with Crippen molar-refractivity contribution in [3.63, 3.8) is 0 Å². The average Bonchev–Trinajstić information content (AvgIpc) is 3.16. The van der Waals surface area contributed by atoms with Gasteiger partial charge >= 0.3 is 6.09 Å². The highest BCUT2D eigenvalue weighted by atomic mass is 16.6. The van der Waals surface area contributed by atoms with Crippen molar-refractivity contribution in [2.24, 2.45) is 5.92 Å². The standard InChI is InChI=1S/C23H38N4O5/c1-7-15-12-16(25-20(28)11-14(3)24-22(30)31-23(4,5)6)9-10-18(15)26-21(29)19-13-17(8-2)32-27-19/h13-16,18H,7-12H2,1-6H3,(H,24,30)(H,25,28)(H,26,29)/t14-,15+,16-,18-/m0/s1. The van der Waals surface area contributed by atoms with Crippen LogP contribution >= 0.6 is 0 Å². The number of amides is 3. The van der Waals surface area contributed by atoms with Gasteiger partial charge in [0.05, 0.1) is 0 Å². The minimum Gasteiger partial charge on any atom is -0.444 e. The SMILES string of the molecule is CCc1cc(C(=O)N[C@H]2CC[C@H](NC(=O)C[C@H](C)NC(=O)OC(C)(C)C)C[C@H]2CC)no1. The fourth-order valence-electron chi connectivity index (χ4n) is 3.99. The highest BCUT2D eigenvalue weighted by Gasteiger charge is 2.32. The van der Waals surface area contributed by atoms with Gasteiger partial charge in [-0.25, -0.2) is 4.79 Å². The van der Waals surface area contributed by atoms with E-state index in [9.17, 15) is 14.4 Å². The monoisotopic (exact) mass is 450 g/mol. The van der Waals surface area contributed by atoms with Gasteiger partial charge in [0.15, 0.2) is 5.69 Å². The Morgan fingerprint density at radius 2 is 1.94 bits per heavy atom. The van der Waals surface area contributed by atoms with Gasteiger partial charge in [-0.15, -0.1) is 0 Å². The Hall–Kier alpha value is -2.58. The molecule has 1 heterocycles.